The third-order valence-corrected chi connectivity index (χ3v) is 1.98. The lowest BCUT2D eigenvalue weighted by Crippen LogP contribution is -1.96. The van der Waals surface area contributed by atoms with Crippen LogP contribution in [0.5, 0.6) is 17.2 Å². The predicted octanol–water partition coefficient (Wildman–Crippen LogP) is 1.15. The summed E-state index contributed by atoms with van der Waals surface area (Å²) in [6.07, 6.45) is 0. The van der Waals surface area contributed by atoms with Gasteiger partial charge in [0, 0.05) is 11.5 Å². The van der Waals surface area contributed by atoms with Crippen LogP contribution in [0.25, 0.3) is 0 Å². The van der Waals surface area contributed by atoms with E-state index in [0.29, 0.717) is 22.8 Å². The fraction of sp³-hybridized carbons (Fsp3) is 0.250. The van der Waals surface area contributed by atoms with Crippen LogP contribution < -0.4 is 14.2 Å². The summed E-state index contributed by atoms with van der Waals surface area (Å²) in [4.78, 5) is 10.3. The Morgan fingerprint density at radius 3 is 2.00 bits per heavy atom. The fourth-order valence-corrected chi connectivity index (χ4v) is 1.28. The first-order chi connectivity index (χ1) is 8.12. The van der Waals surface area contributed by atoms with Crippen LogP contribution >= 0.6 is 0 Å². The van der Waals surface area contributed by atoms with Crippen LogP contribution in [-0.2, 0) is 4.79 Å². The molecular weight excluding hydrogens is 224 g/mol. The van der Waals surface area contributed by atoms with Crippen LogP contribution in [-0.4, -0.2) is 32.4 Å². The molecule has 5 nitrogen and oxygen atoms in total. The highest BCUT2D eigenvalue weighted by atomic mass is 16.5. The molecule has 1 aromatic carbocycles. The second-order valence-corrected chi connectivity index (χ2v) is 2.97. The minimum atomic E-state index is -1.20. The number of ether oxygens (including phenoxy) is 3. The number of hydrogen-bond acceptors (Lipinski definition) is 4. The number of hydrogen-bond donors (Lipinski definition) is 1. The Hall–Kier alpha value is -2.35. The van der Waals surface area contributed by atoms with Gasteiger partial charge in [0.2, 0.25) is 5.75 Å². The van der Waals surface area contributed by atoms with E-state index in [1.54, 1.807) is 12.1 Å². The van der Waals surface area contributed by atoms with Crippen molar-refractivity contribution in [3.8, 4) is 29.1 Å². The van der Waals surface area contributed by atoms with Gasteiger partial charge in [-0.15, -0.1) is 0 Å². The smallest absolute Gasteiger partial charge is 0.382 e. The minimum Gasteiger partial charge on any atom is -0.493 e. The maximum Gasteiger partial charge on any atom is 0.382 e. The van der Waals surface area contributed by atoms with Gasteiger partial charge in [-0.05, 0) is 12.1 Å². The predicted molar refractivity (Wildman–Crippen MR) is 60.6 cm³/mol. The van der Waals surface area contributed by atoms with E-state index in [1.807, 2.05) is 5.92 Å². The van der Waals surface area contributed by atoms with Crippen molar-refractivity contribution in [3.05, 3.63) is 17.7 Å². The first-order valence-electron chi connectivity index (χ1n) is 4.67. The number of methoxy groups -OCH3 is 3. The van der Waals surface area contributed by atoms with Crippen LogP contribution in [0, 0.1) is 11.8 Å². The molecule has 0 bridgehead atoms. The summed E-state index contributed by atoms with van der Waals surface area (Å²) < 4.78 is 15.3. The van der Waals surface area contributed by atoms with Gasteiger partial charge < -0.3 is 19.3 Å². The van der Waals surface area contributed by atoms with Crippen LogP contribution in [0.1, 0.15) is 5.56 Å². The molecule has 90 valence electrons. The maximum atomic E-state index is 10.3. The molecule has 0 saturated heterocycles. The van der Waals surface area contributed by atoms with E-state index in [4.69, 9.17) is 19.3 Å². The summed E-state index contributed by atoms with van der Waals surface area (Å²) >= 11 is 0. The molecule has 0 saturated carbocycles. The van der Waals surface area contributed by atoms with Crippen molar-refractivity contribution in [2.45, 2.75) is 0 Å². The molecule has 0 heterocycles. The van der Waals surface area contributed by atoms with E-state index in [9.17, 15) is 4.79 Å². The lowest BCUT2D eigenvalue weighted by atomic mass is 10.2. The average Bonchev–Trinajstić information content (AvgIpc) is 2.34. The lowest BCUT2D eigenvalue weighted by Gasteiger charge is -2.12. The van der Waals surface area contributed by atoms with Gasteiger partial charge in [-0.3, -0.25) is 0 Å². The summed E-state index contributed by atoms with van der Waals surface area (Å²) in [5.41, 5.74) is 0.474. The van der Waals surface area contributed by atoms with Crippen molar-refractivity contribution in [3.63, 3.8) is 0 Å². The van der Waals surface area contributed by atoms with Gasteiger partial charge in [0.1, 0.15) is 0 Å². The number of carboxylic acids is 1. The van der Waals surface area contributed by atoms with Crippen molar-refractivity contribution in [1.82, 2.24) is 0 Å². The first-order valence-corrected chi connectivity index (χ1v) is 4.67. The molecule has 5 heteroatoms. The molecule has 0 aliphatic carbocycles. The Bertz CT molecular complexity index is 456. The highest BCUT2D eigenvalue weighted by Gasteiger charge is 2.12. The Labute approximate surface area is 98.9 Å². The van der Waals surface area contributed by atoms with Gasteiger partial charge in [-0.2, -0.15) is 0 Å². The van der Waals surface area contributed by atoms with Gasteiger partial charge in [0.05, 0.1) is 21.3 Å². The average molecular weight is 236 g/mol. The summed E-state index contributed by atoms with van der Waals surface area (Å²) in [5.74, 6) is 4.61. The van der Waals surface area contributed by atoms with Crippen molar-refractivity contribution >= 4 is 5.97 Å². The lowest BCUT2D eigenvalue weighted by molar-refractivity contribution is -0.130. The molecule has 0 atom stereocenters. The standard InChI is InChI=1S/C12H12O5/c1-15-9-6-8(4-5-11(13)14)7-10(16-2)12(9)17-3/h6-7H,1-3H3,(H,13,14). The molecule has 0 aromatic heterocycles. The number of carbonyl (C=O) groups is 1. The zero-order valence-electron chi connectivity index (χ0n) is 9.73. The molecule has 1 aromatic rings. The van der Waals surface area contributed by atoms with E-state index >= 15 is 0 Å². The van der Waals surface area contributed by atoms with Gasteiger partial charge in [0.25, 0.3) is 0 Å². The van der Waals surface area contributed by atoms with Gasteiger partial charge in [0.15, 0.2) is 11.5 Å². The molecule has 0 unspecified atom stereocenters. The topological polar surface area (TPSA) is 65.0 Å². The van der Waals surface area contributed by atoms with Crippen LogP contribution in [0.15, 0.2) is 12.1 Å². The van der Waals surface area contributed by atoms with Gasteiger partial charge in [-0.25, -0.2) is 4.79 Å². The van der Waals surface area contributed by atoms with Gasteiger partial charge >= 0.3 is 5.97 Å². The summed E-state index contributed by atoms with van der Waals surface area (Å²) in [6.45, 7) is 0. The number of aliphatic carboxylic acids is 1. The Balaban J connectivity index is 3.28. The minimum absolute atomic E-state index is 0.432. The molecule has 1 rings (SSSR count). The maximum absolute atomic E-state index is 10.3. The first kappa shape index (κ1) is 12.7. The molecule has 0 fully saturated rings. The van der Waals surface area contributed by atoms with E-state index in [2.05, 4.69) is 5.92 Å². The molecule has 0 spiro atoms. The quantitative estimate of drug-likeness (QED) is 0.797. The van der Waals surface area contributed by atoms with E-state index in [1.165, 1.54) is 21.3 Å². The van der Waals surface area contributed by atoms with Crippen molar-refractivity contribution in [1.29, 1.82) is 0 Å². The fourth-order valence-electron chi connectivity index (χ4n) is 1.28. The van der Waals surface area contributed by atoms with Crippen molar-refractivity contribution in [2.75, 3.05) is 21.3 Å². The number of benzene rings is 1. The van der Waals surface area contributed by atoms with Crippen LogP contribution in [0.2, 0.25) is 0 Å². The van der Waals surface area contributed by atoms with E-state index in [-0.39, 0.29) is 0 Å². The monoisotopic (exact) mass is 236 g/mol. The van der Waals surface area contributed by atoms with E-state index in [0.717, 1.165) is 0 Å². The molecule has 0 aliphatic rings. The highest BCUT2D eigenvalue weighted by Crippen LogP contribution is 2.37. The zero-order valence-corrected chi connectivity index (χ0v) is 9.73. The SMILES string of the molecule is COc1cc(C#CC(=O)O)cc(OC)c1OC. The third-order valence-electron chi connectivity index (χ3n) is 1.98. The summed E-state index contributed by atoms with van der Waals surface area (Å²) in [6, 6.07) is 3.16. The second-order valence-electron chi connectivity index (χ2n) is 2.97. The molecule has 1 N–H and O–H groups in total. The van der Waals surface area contributed by atoms with E-state index < -0.39 is 5.97 Å². The van der Waals surface area contributed by atoms with Crippen molar-refractivity contribution < 1.29 is 24.1 Å². The van der Waals surface area contributed by atoms with Crippen LogP contribution in [0.3, 0.4) is 0 Å². The van der Waals surface area contributed by atoms with Gasteiger partial charge in [-0.1, -0.05) is 5.92 Å². The Morgan fingerprint density at radius 2 is 1.65 bits per heavy atom. The largest absolute Gasteiger partial charge is 0.493 e. The Morgan fingerprint density at radius 1 is 1.12 bits per heavy atom. The second kappa shape index (κ2) is 5.66. The third kappa shape index (κ3) is 3.05. The van der Waals surface area contributed by atoms with Crippen LogP contribution in [0.4, 0.5) is 0 Å². The zero-order chi connectivity index (χ0) is 12.8. The number of carboxylic acid groups (broad SMARTS) is 1. The molecule has 0 amide bonds. The number of rotatable bonds is 3. The highest BCUT2D eigenvalue weighted by molar-refractivity contribution is 5.87. The van der Waals surface area contributed by atoms with Crippen molar-refractivity contribution in [2.24, 2.45) is 0 Å². The summed E-state index contributed by atoms with van der Waals surface area (Å²) in [7, 11) is 4.44. The molecule has 0 aliphatic heterocycles. The molecular formula is C12H12O5. The molecule has 0 radical (unpaired) electrons. The molecule has 17 heavy (non-hydrogen) atoms. The Kier molecular flexibility index (Phi) is 4.23. The summed E-state index contributed by atoms with van der Waals surface area (Å²) in [5, 5.41) is 8.47. The normalized spacial score (nSPS) is 8.88.